The Labute approximate surface area is 404 Å². The highest BCUT2D eigenvalue weighted by atomic mass is 15.2. The first-order valence-corrected chi connectivity index (χ1v) is 23.8. The smallest absolute Gasteiger partial charge is 0.0727 e. The van der Waals surface area contributed by atoms with Crippen molar-refractivity contribution in [1.82, 2.24) is 0 Å². The van der Waals surface area contributed by atoms with Crippen molar-refractivity contribution >= 4 is 34.1 Å². The van der Waals surface area contributed by atoms with Gasteiger partial charge in [0.1, 0.15) is 0 Å². The highest BCUT2D eigenvalue weighted by Crippen LogP contribution is 2.64. The molecule has 13 rings (SSSR count). The first-order valence-electron chi connectivity index (χ1n) is 23.8. The van der Waals surface area contributed by atoms with Crippen LogP contribution < -0.4 is 9.80 Å². The van der Waals surface area contributed by atoms with Crippen LogP contribution in [0.3, 0.4) is 0 Å². The predicted molar refractivity (Wildman–Crippen MR) is 288 cm³/mol. The van der Waals surface area contributed by atoms with Crippen LogP contribution in [0.4, 0.5) is 34.1 Å². The lowest BCUT2D eigenvalue weighted by atomic mass is 9.70. The SMILES string of the molecule is c1ccc(-c2ccc(N(c3ccc4c(c3)C3(c5ccccc5-c5ccc(N(c6ccccc6)c6ccccc6)cc53)c3ccccc3-4)c3c(-c4ccccc4)cccc3-c3ccccc3)cc2)cc1. The van der Waals surface area contributed by atoms with Gasteiger partial charge in [-0.05, 0) is 127 Å². The number of para-hydroxylation sites is 3. The summed E-state index contributed by atoms with van der Waals surface area (Å²) in [5.41, 5.74) is 23.3. The Balaban J connectivity index is 1.09. The van der Waals surface area contributed by atoms with E-state index in [1.54, 1.807) is 0 Å². The normalized spacial score (nSPS) is 13.9. The van der Waals surface area contributed by atoms with E-state index in [1.165, 1.54) is 55.6 Å². The van der Waals surface area contributed by atoms with Crippen LogP contribution in [0.25, 0.3) is 55.6 Å². The minimum Gasteiger partial charge on any atom is -0.310 e. The van der Waals surface area contributed by atoms with Gasteiger partial charge in [0.05, 0.1) is 11.1 Å². The van der Waals surface area contributed by atoms with E-state index >= 15 is 0 Å². The molecule has 69 heavy (non-hydrogen) atoms. The molecule has 0 aliphatic heterocycles. The van der Waals surface area contributed by atoms with Crippen molar-refractivity contribution in [3.8, 4) is 55.6 Å². The van der Waals surface area contributed by atoms with E-state index in [2.05, 4.69) is 289 Å². The lowest BCUT2D eigenvalue weighted by Gasteiger charge is -2.34. The minimum absolute atomic E-state index is 0.604. The van der Waals surface area contributed by atoms with Gasteiger partial charge in [-0.25, -0.2) is 0 Å². The molecule has 2 nitrogen and oxygen atoms in total. The van der Waals surface area contributed by atoms with Crippen molar-refractivity contribution in [3.63, 3.8) is 0 Å². The largest absolute Gasteiger partial charge is 0.310 e. The Morgan fingerprint density at radius 3 is 1.01 bits per heavy atom. The van der Waals surface area contributed by atoms with E-state index in [9.17, 15) is 0 Å². The number of nitrogens with zero attached hydrogens (tertiary/aromatic N) is 2. The zero-order valence-electron chi connectivity index (χ0n) is 38.0. The zero-order valence-corrected chi connectivity index (χ0v) is 38.0. The van der Waals surface area contributed by atoms with Crippen molar-refractivity contribution in [1.29, 1.82) is 0 Å². The van der Waals surface area contributed by atoms with E-state index in [0.717, 1.165) is 56.4 Å². The predicted octanol–water partition coefficient (Wildman–Crippen LogP) is 18.0. The van der Waals surface area contributed by atoms with Crippen LogP contribution in [0.15, 0.2) is 279 Å². The van der Waals surface area contributed by atoms with Gasteiger partial charge in [-0.3, -0.25) is 0 Å². The fraction of sp³-hybridized carbons (Fsp3) is 0.0149. The summed E-state index contributed by atoms with van der Waals surface area (Å²) in [6, 6.07) is 102. The van der Waals surface area contributed by atoms with Crippen molar-refractivity contribution in [3.05, 3.63) is 301 Å². The highest BCUT2D eigenvalue weighted by molar-refractivity contribution is 6.01. The first-order chi connectivity index (χ1) is 34.3. The maximum atomic E-state index is 2.52. The molecule has 1 spiro atoms. The van der Waals surface area contributed by atoms with Gasteiger partial charge in [0, 0.05) is 39.6 Å². The van der Waals surface area contributed by atoms with E-state index in [1.807, 2.05) is 0 Å². The van der Waals surface area contributed by atoms with E-state index < -0.39 is 5.41 Å². The molecule has 0 bridgehead atoms. The summed E-state index contributed by atoms with van der Waals surface area (Å²) in [6.07, 6.45) is 0. The molecule has 0 amide bonds. The number of rotatable bonds is 9. The van der Waals surface area contributed by atoms with Crippen molar-refractivity contribution < 1.29 is 0 Å². The Morgan fingerprint density at radius 2 is 0.536 bits per heavy atom. The second-order valence-electron chi connectivity index (χ2n) is 18.0. The lowest BCUT2D eigenvalue weighted by Crippen LogP contribution is -2.26. The molecule has 1 unspecified atom stereocenters. The molecule has 0 N–H and O–H groups in total. The summed E-state index contributed by atoms with van der Waals surface area (Å²) >= 11 is 0. The van der Waals surface area contributed by atoms with Crippen LogP contribution in [0.2, 0.25) is 0 Å². The Bertz CT molecular complexity index is 3530. The Morgan fingerprint density at radius 1 is 0.203 bits per heavy atom. The third-order valence-corrected chi connectivity index (χ3v) is 14.3. The number of hydrogen-bond donors (Lipinski definition) is 0. The van der Waals surface area contributed by atoms with Crippen LogP contribution in [0.5, 0.6) is 0 Å². The number of hydrogen-bond acceptors (Lipinski definition) is 2. The fourth-order valence-electron chi connectivity index (χ4n) is 11.3. The molecular weight excluding hydrogens is 833 g/mol. The molecule has 2 aliphatic carbocycles. The number of benzene rings is 11. The standard InChI is InChI=1S/C67H46N2/c1-6-21-47(22-7-1)48-37-39-53(40-38-48)69(66-56(49-23-8-2-9-24-49)33-20-34-57(66)50-25-10-3-11-26-50)55-42-44-61-59-32-17-19-36-63(59)67(65(61)46-55)62-35-18-16-31-58(62)60-43-41-54(45-64(60)67)68(51-27-12-4-13-28-51)52-29-14-5-15-30-52/h1-46H. The second kappa shape index (κ2) is 16.7. The average Bonchev–Trinajstić information content (AvgIpc) is 3.89. The van der Waals surface area contributed by atoms with Gasteiger partial charge in [-0.15, -0.1) is 0 Å². The van der Waals surface area contributed by atoms with Crippen molar-refractivity contribution in [2.45, 2.75) is 5.41 Å². The Kier molecular flexibility index (Phi) is 9.77. The summed E-state index contributed by atoms with van der Waals surface area (Å²) in [5.74, 6) is 0. The molecule has 11 aromatic rings. The summed E-state index contributed by atoms with van der Waals surface area (Å²) in [6.45, 7) is 0. The molecule has 0 fully saturated rings. The third-order valence-electron chi connectivity index (χ3n) is 14.3. The van der Waals surface area contributed by atoms with E-state index in [-0.39, 0.29) is 0 Å². The van der Waals surface area contributed by atoms with Gasteiger partial charge in [-0.2, -0.15) is 0 Å². The number of fused-ring (bicyclic) bond motifs is 10. The van der Waals surface area contributed by atoms with Crippen LogP contribution in [-0.4, -0.2) is 0 Å². The molecule has 0 radical (unpaired) electrons. The fourth-order valence-corrected chi connectivity index (χ4v) is 11.3. The van der Waals surface area contributed by atoms with Gasteiger partial charge in [0.15, 0.2) is 0 Å². The van der Waals surface area contributed by atoms with E-state index in [4.69, 9.17) is 0 Å². The molecule has 0 saturated carbocycles. The van der Waals surface area contributed by atoms with Crippen LogP contribution in [0, 0.1) is 0 Å². The van der Waals surface area contributed by atoms with E-state index in [0.29, 0.717) is 0 Å². The molecular formula is C67H46N2. The molecule has 0 aromatic heterocycles. The molecule has 0 saturated heterocycles. The highest BCUT2D eigenvalue weighted by Gasteiger charge is 2.52. The Hall–Kier alpha value is -8.98. The van der Waals surface area contributed by atoms with Crippen molar-refractivity contribution in [2.24, 2.45) is 0 Å². The molecule has 324 valence electrons. The second-order valence-corrected chi connectivity index (χ2v) is 18.0. The summed E-state index contributed by atoms with van der Waals surface area (Å²) in [5, 5.41) is 0. The van der Waals surface area contributed by atoms with Gasteiger partial charge >= 0.3 is 0 Å². The summed E-state index contributed by atoms with van der Waals surface area (Å²) in [4.78, 5) is 4.91. The monoisotopic (exact) mass is 878 g/mol. The molecule has 1 atom stereocenters. The van der Waals surface area contributed by atoms with Gasteiger partial charge < -0.3 is 9.80 Å². The first kappa shape index (κ1) is 40.3. The summed E-state index contributed by atoms with van der Waals surface area (Å²) in [7, 11) is 0. The topological polar surface area (TPSA) is 6.48 Å². The summed E-state index contributed by atoms with van der Waals surface area (Å²) < 4.78 is 0. The maximum absolute atomic E-state index is 2.52. The average molecular weight is 879 g/mol. The van der Waals surface area contributed by atoms with Gasteiger partial charge in [0.2, 0.25) is 0 Å². The molecule has 0 heterocycles. The molecule has 2 aliphatic rings. The maximum Gasteiger partial charge on any atom is 0.0727 e. The quantitative estimate of drug-likeness (QED) is 0.143. The van der Waals surface area contributed by atoms with Crippen LogP contribution in [0.1, 0.15) is 22.3 Å². The van der Waals surface area contributed by atoms with Crippen molar-refractivity contribution in [2.75, 3.05) is 9.80 Å². The molecule has 2 heteroatoms. The molecule has 11 aromatic carbocycles. The number of anilines is 6. The van der Waals surface area contributed by atoms with Gasteiger partial charge in [-0.1, -0.05) is 218 Å². The minimum atomic E-state index is -0.604. The third kappa shape index (κ3) is 6.56. The zero-order chi connectivity index (χ0) is 45.7. The lowest BCUT2D eigenvalue weighted by molar-refractivity contribution is 0.793. The van der Waals surface area contributed by atoms with Crippen LogP contribution in [-0.2, 0) is 5.41 Å². The van der Waals surface area contributed by atoms with Crippen LogP contribution >= 0.6 is 0 Å². The van der Waals surface area contributed by atoms with Gasteiger partial charge in [0.25, 0.3) is 0 Å².